The first-order valence-electron chi connectivity index (χ1n) is 11.2. The Kier molecular flexibility index (Phi) is 6.67. The largest absolute Gasteiger partial charge is 0.326 e. The summed E-state index contributed by atoms with van der Waals surface area (Å²) in [7, 11) is -3.53. The van der Waals surface area contributed by atoms with Crippen molar-refractivity contribution in [3.05, 3.63) is 65.9 Å². The molecule has 33 heavy (non-hydrogen) atoms. The van der Waals surface area contributed by atoms with E-state index in [2.05, 4.69) is 12.2 Å². The fourth-order valence-electron chi connectivity index (χ4n) is 4.39. The highest BCUT2D eigenvalue weighted by atomic mass is 32.2. The molecule has 2 aliphatic heterocycles. The number of rotatable bonds is 5. The van der Waals surface area contributed by atoms with Crippen LogP contribution in [0.3, 0.4) is 0 Å². The lowest BCUT2D eigenvalue weighted by molar-refractivity contribution is -0.129. The normalized spacial score (nSPS) is 19.2. The number of nitrogens with zero attached hydrogens (tertiary/aromatic N) is 2. The standard InChI is InChI=1S/C25H29N3O4S/c1-18-11-14-27(15-12-18)33(31,32)22-9-7-21(8-10-22)26-25(30)17-24-23-6-4-3-5-20(23)13-16-28(24)19(2)29/h3-10,13,16,18,24H,11-12,14-15,17H2,1-2H3,(H,26,30). The number of carbonyl (C=O) groups is 2. The van der Waals surface area contributed by atoms with E-state index in [0.717, 1.165) is 24.0 Å². The predicted octanol–water partition coefficient (Wildman–Crippen LogP) is 4.01. The maximum absolute atomic E-state index is 12.9. The van der Waals surface area contributed by atoms with Gasteiger partial charge in [-0.2, -0.15) is 4.31 Å². The molecule has 0 bridgehead atoms. The molecule has 7 nitrogen and oxygen atoms in total. The number of nitrogens with one attached hydrogen (secondary N) is 1. The van der Waals surface area contributed by atoms with Gasteiger partial charge in [-0.25, -0.2) is 8.42 Å². The highest BCUT2D eigenvalue weighted by Crippen LogP contribution is 2.33. The molecule has 0 spiro atoms. The number of hydrogen-bond acceptors (Lipinski definition) is 4. The van der Waals surface area contributed by atoms with E-state index in [1.807, 2.05) is 30.3 Å². The molecule has 1 unspecified atom stereocenters. The Labute approximate surface area is 195 Å². The second-order valence-corrected chi connectivity index (χ2v) is 10.7. The minimum absolute atomic E-state index is 0.0902. The molecule has 1 saturated heterocycles. The van der Waals surface area contributed by atoms with Crippen molar-refractivity contribution in [2.45, 2.75) is 44.0 Å². The molecule has 2 aromatic rings. The summed E-state index contributed by atoms with van der Waals surface area (Å²) in [5.74, 6) is 0.150. The zero-order chi connectivity index (χ0) is 23.6. The van der Waals surface area contributed by atoms with Crippen LogP contribution in [-0.4, -0.2) is 42.5 Å². The lowest BCUT2D eigenvalue weighted by Gasteiger charge is -2.32. The van der Waals surface area contributed by atoms with Gasteiger partial charge in [-0.15, -0.1) is 0 Å². The van der Waals surface area contributed by atoms with E-state index >= 15 is 0 Å². The Bertz CT molecular complexity index is 1170. The second kappa shape index (κ2) is 9.49. The van der Waals surface area contributed by atoms with Crippen LogP contribution in [0.4, 0.5) is 5.69 Å². The number of carbonyl (C=O) groups excluding carboxylic acids is 2. The van der Waals surface area contributed by atoms with Crippen LogP contribution < -0.4 is 5.32 Å². The molecule has 2 aromatic carbocycles. The molecule has 0 aromatic heterocycles. The molecule has 0 saturated carbocycles. The van der Waals surface area contributed by atoms with Gasteiger partial charge in [0.05, 0.1) is 17.4 Å². The summed E-state index contributed by atoms with van der Waals surface area (Å²) in [5, 5.41) is 2.83. The minimum atomic E-state index is -3.53. The Morgan fingerprint density at radius 3 is 2.36 bits per heavy atom. The zero-order valence-electron chi connectivity index (χ0n) is 18.9. The molecule has 1 fully saturated rings. The second-order valence-electron chi connectivity index (χ2n) is 8.75. The Balaban J connectivity index is 1.45. The Morgan fingerprint density at radius 1 is 1.03 bits per heavy atom. The lowest BCUT2D eigenvalue weighted by atomic mass is 9.93. The van der Waals surface area contributed by atoms with Crippen molar-refractivity contribution in [1.29, 1.82) is 0 Å². The van der Waals surface area contributed by atoms with E-state index in [1.54, 1.807) is 23.2 Å². The molecule has 2 aliphatic rings. The van der Waals surface area contributed by atoms with Gasteiger partial charge >= 0.3 is 0 Å². The SMILES string of the molecule is CC(=O)N1C=Cc2ccccc2C1CC(=O)Nc1ccc(S(=O)(=O)N2CCC(C)CC2)cc1. The maximum atomic E-state index is 12.9. The summed E-state index contributed by atoms with van der Waals surface area (Å²) in [4.78, 5) is 26.7. The van der Waals surface area contributed by atoms with Crippen molar-refractivity contribution in [3.8, 4) is 0 Å². The van der Waals surface area contributed by atoms with Crippen molar-refractivity contribution >= 4 is 33.6 Å². The lowest BCUT2D eigenvalue weighted by Crippen LogP contribution is -2.37. The average molecular weight is 468 g/mol. The fraction of sp³-hybridized carbons (Fsp3) is 0.360. The summed E-state index contributed by atoms with van der Waals surface area (Å²) >= 11 is 0. The van der Waals surface area contributed by atoms with Crippen molar-refractivity contribution in [2.75, 3.05) is 18.4 Å². The number of benzene rings is 2. The third-order valence-corrected chi connectivity index (χ3v) is 8.28. The quantitative estimate of drug-likeness (QED) is 0.720. The molecular weight excluding hydrogens is 438 g/mol. The summed E-state index contributed by atoms with van der Waals surface area (Å²) in [5.41, 5.74) is 2.41. The maximum Gasteiger partial charge on any atom is 0.243 e. The molecule has 0 radical (unpaired) electrons. The molecular formula is C25H29N3O4S. The molecule has 1 N–H and O–H groups in total. The van der Waals surface area contributed by atoms with Gasteiger partial charge in [0.1, 0.15) is 0 Å². The first-order chi connectivity index (χ1) is 15.8. The van der Waals surface area contributed by atoms with E-state index in [-0.39, 0.29) is 23.1 Å². The summed E-state index contributed by atoms with van der Waals surface area (Å²) < 4.78 is 27.3. The van der Waals surface area contributed by atoms with Gasteiger partial charge in [-0.05, 0) is 60.2 Å². The van der Waals surface area contributed by atoms with E-state index in [1.165, 1.54) is 23.4 Å². The first-order valence-corrected chi connectivity index (χ1v) is 12.7. The van der Waals surface area contributed by atoms with Crippen LogP contribution in [0.25, 0.3) is 6.08 Å². The number of fused-ring (bicyclic) bond motifs is 1. The van der Waals surface area contributed by atoms with Gasteiger partial charge in [0.25, 0.3) is 0 Å². The van der Waals surface area contributed by atoms with E-state index < -0.39 is 16.1 Å². The molecule has 0 aliphatic carbocycles. The van der Waals surface area contributed by atoms with E-state index in [4.69, 9.17) is 0 Å². The van der Waals surface area contributed by atoms with Crippen LogP contribution in [-0.2, 0) is 19.6 Å². The number of amides is 2. The van der Waals surface area contributed by atoms with Gasteiger partial charge in [0.2, 0.25) is 21.8 Å². The topological polar surface area (TPSA) is 86.8 Å². The van der Waals surface area contributed by atoms with Crippen LogP contribution in [0.2, 0.25) is 0 Å². The number of piperidine rings is 1. The average Bonchev–Trinajstić information content (AvgIpc) is 2.79. The van der Waals surface area contributed by atoms with E-state index in [9.17, 15) is 18.0 Å². The third kappa shape index (κ3) is 5.02. The van der Waals surface area contributed by atoms with Crippen molar-refractivity contribution < 1.29 is 18.0 Å². The summed E-state index contributed by atoms with van der Waals surface area (Å²) in [6, 6.07) is 13.6. The monoisotopic (exact) mass is 467 g/mol. The van der Waals surface area contributed by atoms with Crippen molar-refractivity contribution in [3.63, 3.8) is 0 Å². The van der Waals surface area contributed by atoms with Crippen LogP contribution >= 0.6 is 0 Å². The number of sulfonamides is 1. The molecule has 8 heteroatoms. The zero-order valence-corrected chi connectivity index (χ0v) is 19.7. The van der Waals surface area contributed by atoms with Crippen molar-refractivity contribution in [1.82, 2.24) is 9.21 Å². The summed E-state index contributed by atoms with van der Waals surface area (Å²) in [6.45, 7) is 4.68. The molecule has 4 rings (SSSR count). The van der Waals surface area contributed by atoms with Crippen LogP contribution in [0, 0.1) is 5.92 Å². The van der Waals surface area contributed by atoms with Gasteiger partial charge in [-0.3, -0.25) is 9.59 Å². The van der Waals surface area contributed by atoms with Crippen molar-refractivity contribution in [2.24, 2.45) is 5.92 Å². The highest BCUT2D eigenvalue weighted by Gasteiger charge is 2.29. The van der Waals surface area contributed by atoms with Gasteiger partial charge in [0.15, 0.2) is 0 Å². The number of hydrogen-bond donors (Lipinski definition) is 1. The van der Waals surface area contributed by atoms with E-state index in [0.29, 0.717) is 24.7 Å². The van der Waals surface area contributed by atoms with Crippen LogP contribution in [0.5, 0.6) is 0 Å². The predicted molar refractivity (Wildman–Crippen MR) is 128 cm³/mol. The molecule has 2 heterocycles. The fourth-order valence-corrected chi connectivity index (χ4v) is 5.86. The molecule has 2 amide bonds. The van der Waals surface area contributed by atoms with Crippen LogP contribution in [0.15, 0.2) is 59.6 Å². The Morgan fingerprint density at radius 2 is 1.70 bits per heavy atom. The first kappa shape index (κ1) is 23.2. The minimum Gasteiger partial charge on any atom is -0.326 e. The van der Waals surface area contributed by atoms with Crippen LogP contribution in [0.1, 0.15) is 50.3 Å². The van der Waals surface area contributed by atoms with Gasteiger partial charge < -0.3 is 10.2 Å². The van der Waals surface area contributed by atoms with Gasteiger partial charge in [-0.1, -0.05) is 31.2 Å². The Hall–Kier alpha value is -2.97. The summed E-state index contributed by atoms with van der Waals surface area (Å²) in [6.07, 6.45) is 5.40. The highest BCUT2D eigenvalue weighted by molar-refractivity contribution is 7.89. The van der Waals surface area contributed by atoms with Gasteiger partial charge in [0, 0.05) is 31.9 Å². The smallest absolute Gasteiger partial charge is 0.243 e. The third-order valence-electron chi connectivity index (χ3n) is 6.37. The molecule has 174 valence electrons. The number of anilines is 1. The molecule has 1 atom stereocenters.